The van der Waals surface area contributed by atoms with Crippen LogP contribution in [-0.2, 0) is 19.1 Å². The quantitative estimate of drug-likeness (QED) is 0.0278. The normalized spacial score (nSPS) is 14.0. The zero-order chi connectivity index (χ0) is 41.0. The van der Waals surface area contributed by atoms with Crippen LogP contribution in [0.3, 0.4) is 0 Å². The van der Waals surface area contributed by atoms with Crippen molar-refractivity contribution in [1.82, 2.24) is 0 Å². The van der Waals surface area contributed by atoms with E-state index in [1.807, 2.05) is 36.5 Å². The number of aliphatic hydroxyl groups is 2. The zero-order valence-electron chi connectivity index (χ0n) is 36.4. The first kappa shape index (κ1) is 53.3. The second-order valence-electron chi connectivity index (χ2n) is 15.6. The highest BCUT2D eigenvalue weighted by molar-refractivity contribution is 5.70. The highest BCUT2D eigenvalue weighted by Crippen LogP contribution is 2.17. The molecule has 0 aliphatic heterocycles. The molecular weight excluding hydrogens is 697 g/mol. The minimum Gasteiger partial charge on any atom is -0.463 e. The first-order valence-electron chi connectivity index (χ1n) is 23.0. The first-order chi connectivity index (χ1) is 27.4. The molecule has 0 aromatic rings. The number of aliphatic hydroxyl groups excluding tert-OH is 2. The Morgan fingerprint density at radius 2 is 0.964 bits per heavy atom. The van der Waals surface area contributed by atoms with Gasteiger partial charge in [-0.05, 0) is 50.9 Å². The molecule has 0 spiro atoms. The van der Waals surface area contributed by atoms with Crippen molar-refractivity contribution in [1.29, 1.82) is 0 Å². The van der Waals surface area contributed by atoms with Crippen LogP contribution in [0, 0.1) is 5.92 Å². The fourth-order valence-electron chi connectivity index (χ4n) is 6.23. The molecule has 0 saturated heterocycles. The lowest BCUT2D eigenvalue weighted by atomic mass is 9.99. The number of carbonyl (C=O) groups excluding carboxylic acids is 2. The van der Waals surface area contributed by atoms with E-state index in [9.17, 15) is 19.8 Å². The largest absolute Gasteiger partial charge is 0.463 e. The van der Waals surface area contributed by atoms with Crippen molar-refractivity contribution < 1.29 is 29.3 Å². The van der Waals surface area contributed by atoms with Crippen molar-refractivity contribution in [3.63, 3.8) is 0 Å². The third kappa shape index (κ3) is 42.4. The molecule has 56 heavy (non-hydrogen) atoms. The van der Waals surface area contributed by atoms with E-state index in [-0.39, 0.29) is 31.6 Å². The van der Waals surface area contributed by atoms with Crippen LogP contribution in [0.5, 0.6) is 0 Å². The third-order valence-corrected chi connectivity index (χ3v) is 10.1. The van der Waals surface area contributed by atoms with Gasteiger partial charge in [-0.3, -0.25) is 9.59 Å². The summed E-state index contributed by atoms with van der Waals surface area (Å²) in [4.78, 5) is 24.0. The van der Waals surface area contributed by atoms with E-state index in [4.69, 9.17) is 9.47 Å². The smallest absolute Gasteiger partial charge is 0.306 e. The van der Waals surface area contributed by atoms with E-state index in [0.29, 0.717) is 19.3 Å². The van der Waals surface area contributed by atoms with E-state index >= 15 is 0 Å². The molecule has 0 heterocycles. The molecule has 6 heteroatoms. The number of esters is 2. The minimum atomic E-state index is -1.01. The van der Waals surface area contributed by atoms with Crippen LogP contribution in [0.15, 0.2) is 72.9 Å². The number of unbranched alkanes of at least 4 members (excludes halogenated alkanes) is 17. The monoisotopic (exact) mass is 783 g/mol. The van der Waals surface area contributed by atoms with Crippen molar-refractivity contribution in [2.45, 2.75) is 213 Å². The Morgan fingerprint density at radius 1 is 0.518 bits per heavy atom. The molecule has 0 radical (unpaired) electrons. The molecule has 0 fully saturated rings. The van der Waals surface area contributed by atoms with Gasteiger partial charge in [0.05, 0.1) is 6.10 Å². The van der Waals surface area contributed by atoms with Crippen LogP contribution in [0.25, 0.3) is 0 Å². The first-order valence-corrected chi connectivity index (χ1v) is 23.0. The third-order valence-electron chi connectivity index (χ3n) is 10.1. The van der Waals surface area contributed by atoms with Crippen LogP contribution in [0.4, 0.5) is 0 Å². The Kier molecular flexibility index (Phi) is 41.3. The average molecular weight is 783 g/mol. The second-order valence-corrected chi connectivity index (χ2v) is 15.6. The fraction of sp³-hybridized carbons (Fsp3) is 0.720. The van der Waals surface area contributed by atoms with Gasteiger partial charge in [0, 0.05) is 12.8 Å². The molecule has 0 bridgehead atoms. The standard InChI is InChI=1S/C50H86O6/c1-4-6-7-8-30-35-40-47(51)41-36-31-26-22-19-20-24-28-33-38-43-50(54)56-45-48(52)44-55-49(53)42-37-32-27-23-18-16-14-12-10-9-11-13-15-17-21-25-29-34-39-46(3)5-2/h6-7,19-20,26,28,30-31,33,35-36,41,46-48,51-52H,4-5,8-18,21-25,27,29,32,34,37-40,42-45H2,1-3H3/b7-6-,20-19-,31-26-,33-28-,35-30-,41-36+/t46?,47?,48-/m1/s1. The van der Waals surface area contributed by atoms with E-state index in [1.54, 1.807) is 6.08 Å². The van der Waals surface area contributed by atoms with Gasteiger partial charge in [-0.15, -0.1) is 0 Å². The Hall–Kier alpha value is -2.70. The molecule has 2 unspecified atom stereocenters. The highest BCUT2D eigenvalue weighted by atomic mass is 16.6. The summed E-state index contributed by atoms with van der Waals surface area (Å²) in [6.45, 7) is 6.47. The van der Waals surface area contributed by atoms with Gasteiger partial charge >= 0.3 is 11.9 Å². The molecule has 0 aromatic heterocycles. The summed E-state index contributed by atoms with van der Waals surface area (Å²) in [7, 11) is 0. The molecule has 6 nitrogen and oxygen atoms in total. The number of hydrogen-bond acceptors (Lipinski definition) is 6. The predicted octanol–water partition coefficient (Wildman–Crippen LogP) is 13.7. The zero-order valence-corrected chi connectivity index (χ0v) is 36.4. The Morgan fingerprint density at radius 3 is 1.50 bits per heavy atom. The number of allylic oxidation sites excluding steroid dienone is 10. The van der Waals surface area contributed by atoms with Gasteiger partial charge in [0.15, 0.2) is 0 Å². The van der Waals surface area contributed by atoms with Crippen LogP contribution in [-0.4, -0.2) is 47.6 Å². The van der Waals surface area contributed by atoms with Crippen LogP contribution in [0.2, 0.25) is 0 Å². The number of ether oxygens (including phenoxy) is 2. The van der Waals surface area contributed by atoms with Crippen molar-refractivity contribution in [2.24, 2.45) is 5.92 Å². The van der Waals surface area contributed by atoms with Gasteiger partial charge in [0.25, 0.3) is 0 Å². The van der Waals surface area contributed by atoms with Crippen molar-refractivity contribution in [2.75, 3.05) is 13.2 Å². The summed E-state index contributed by atoms with van der Waals surface area (Å²) in [6.07, 6.45) is 54.3. The lowest BCUT2D eigenvalue weighted by Gasteiger charge is -2.12. The Bertz CT molecular complexity index is 1050. The summed E-state index contributed by atoms with van der Waals surface area (Å²) >= 11 is 0. The van der Waals surface area contributed by atoms with E-state index < -0.39 is 12.2 Å². The molecule has 0 saturated carbocycles. The molecule has 0 aliphatic rings. The van der Waals surface area contributed by atoms with Gasteiger partial charge in [-0.2, -0.15) is 0 Å². The molecular formula is C50H86O6. The highest BCUT2D eigenvalue weighted by Gasteiger charge is 2.12. The van der Waals surface area contributed by atoms with Crippen LogP contribution < -0.4 is 0 Å². The maximum Gasteiger partial charge on any atom is 0.306 e. The Labute approximate surface area is 345 Å². The summed E-state index contributed by atoms with van der Waals surface area (Å²) < 4.78 is 10.3. The lowest BCUT2D eigenvalue weighted by Crippen LogP contribution is -2.25. The van der Waals surface area contributed by atoms with Crippen molar-refractivity contribution >= 4 is 11.9 Å². The maximum absolute atomic E-state index is 12.0. The van der Waals surface area contributed by atoms with Crippen LogP contribution >= 0.6 is 0 Å². The van der Waals surface area contributed by atoms with Crippen molar-refractivity contribution in [3.8, 4) is 0 Å². The fourth-order valence-corrected chi connectivity index (χ4v) is 6.23. The van der Waals surface area contributed by atoms with Gasteiger partial charge in [0.1, 0.15) is 19.3 Å². The number of carbonyl (C=O) groups is 2. The molecule has 0 rings (SSSR count). The van der Waals surface area contributed by atoms with E-state index in [0.717, 1.165) is 50.9 Å². The molecule has 0 amide bonds. The minimum absolute atomic E-state index is 0.153. The molecule has 322 valence electrons. The molecule has 3 atom stereocenters. The maximum atomic E-state index is 12.0. The van der Waals surface area contributed by atoms with Crippen molar-refractivity contribution in [3.05, 3.63) is 72.9 Å². The number of rotatable bonds is 40. The summed E-state index contributed by atoms with van der Waals surface area (Å²) in [5, 5.41) is 20.0. The van der Waals surface area contributed by atoms with Gasteiger partial charge in [-0.1, -0.05) is 216 Å². The summed E-state index contributed by atoms with van der Waals surface area (Å²) in [6, 6.07) is 0. The SMILES string of the molecule is CC/C=C\C/C=C\CC(O)/C=C/C=C\C/C=C\C/C=C\CCC(=O)OC[C@H](O)COC(=O)CCCCCCCCCCCCCCCCCCCCC(C)CC. The predicted molar refractivity (Wildman–Crippen MR) is 239 cm³/mol. The summed E-state index contributed by atoms with van der Waals surface area (Å²) in [5.41, 5.74) is 0. The molecule has 0 aromatic carbocycles. The van der Waals surface area contributed by atoms with E-state index in [1.165, 1.54) is 109 Å². The topological polar surface area (TPSA) is 93.1 Å². The molecule has 0 aliphatic carbocycles. The average Bonchev–Trinajstić information content (AvgIpc) is 3.19. The number of hydrogen-bond donors (Lipinski definition) is 2. The lowest BCUT2D eigenvalue weighted by molar-refractivity contribution is -0.152. The summed E-state index contributed by atoms with van der Waals surface area (Å²) in [5.74, 6) is 0.222. The van der Waals surface area contributed by atoms with E-state index in [2.05, 4.69) is 51.2 Å². The molecule has 2 N–H and O–H groups in total. The van der Waals surface area contributed by atoms with Gasteiger partial charge < -0.3 is 19.7 Å². The van der Waals surface area contributed by atoms with Gasteiger partial charge in [-0.25, -0.2) is 0 Å². The Balaban J connectivity index is 3.56. The van der Waals surface area contributed by atoms with Gasteiger partial charge in [0.2, 0.25) is 0 Å². The van der Waals surface area contributed by atoms with Crippen LogP contribution in [0.1, 0.15) is 201 Å². The second kappa shape index (κ2) is 43.4.